The summed E-state index contributed by atoms with van der Waals surface area (Å²) in [4.78, 5) is 16.5. The molecule has 2 atom stereocenters. The Morgan fingerprint density at radius 3 is 2.23 bits per heavy atom. The summed E-state index contributed by atoms with van der Waals surface area (Å²) in [6.45, 7) is 2.71. The lowest BCUT2D eigenvalue weighted by molar-refractivity contribution is -0.131. The fourth-order valence-corrected chi connectivity index (χ4v) is 4.96. The van der Waals surface area contributed by atoms with Crippen LogP contribution in [-0.4, -0.2) is 70.3 Å². The molecule has 1 amide bonds. The van der Waals surface area contributed by atoms with Crippen LogP contribution in [0.4, 0.5) is 0 Å². The topological polar surface area (TPSA) is 64.0 Å². The highest BCUT2D eigenvalue weighted by Gasteiger charge is 2.47. The van der Waals surface area contributed by atoms with Gasteiger partial charge in [0.25, 0.3) is 0 Å². The van der Waals surface area contributed by atoms with Crippen LogP contribution in [0.3, 0.4) is 0 Å². The standard InChI is InChI=1S/C26H34N2O3/c29-24-18-28(25(30)12-11-21-7-3-1-4-8-21)20-26(24,31)19-27-15-13-23(14-16-27)17-22-9-5-2-6-10-22/h1-10,23-24,29,31H,11-20H2/t24-,26+/m1/s1. The Morgan fingerprint density at radius 1 is 0.968 bits per heavy atom. The highest BCUT2D eigenvalue weighted by atomic mass is 16.3. The molecule has 4 rings (SSSR count). The summed E-state index contributed by atoms with van der Waals surface area (Å²) >= 11 is 0. The largest absolute Gasteiger partial charge is 0.388 e. The predicted molar refractivity (Wildman–Crippen MR) is 122 cm³/mol. The summed E-state index contributed by atoms with van der Waals surface area (Å²) in [7, 11) is 0. The SMILES string of the molecule is O=C(CCc1ccccc1)N1C[C@@H](O)[C@](O)(CN2CCC(Cc3ccccc3)CC2)C1. The van der Waals surface area contributed by atoms with E-state index in [2.05, 4.69) is 35.2 Å². The minimum Gasteiger partial charge on any atom is -0.388 e. The Morgan fingerprint density at radius 2 is 1.58 bits per heavy atom. The molecule has 2 fully saturated rings. The molecule has 5 nitrogen and oxygen atoms in total. The number of benzene rings is 2. The first-order chi connectivity index (χ1) is 15.0. The summed E-state index contributed by atoms with van der Waals surface area (Å²) < 4.78 is 0. The molecule has 166 valence electrons. The number of likely N-dealkylation sites (tertiary alicyclic amines) is 2. The van der Waals surface area contributed by atoms with E-state index in [1.807, 2.05) is 30.3 Å². The van der Waals surface area contributed by atoms with Gasteiger partial charge in [-0.05, 0) is 55.8 Å². The average molecular weight is 423 g/mol. The van der Waals surface area contributed by atoms with E-state index in [4.69, 9.17) is 0 Å². The summed E-state index contributed by atoms with van der Waals surface area (Å²) in [6, 6.07) is 20.6. The average Bonchev–Trinajstić information content (AvgIpc) is 3.09. The molecule has 31 heavy (non-hydrogen) atoms. The van der Waals surface area contributed by atoms with Crippen molar-refractivity contribution in [2.24, 2.45) is 5.92 Å². The molecule has 0 aliphatic carbocycles. The highest BCUT2D eigenvalue weighted by molar-refractivity contribution is 5.77. The lowest BCUT2D eigenvalue weighted by Gasteiger charge is -2.37. The van der Waals surface area contributed by atoms with Crippen LogP contribution in [-0.2, 0) is 17.6 Å². The molecule has 0 bridgehead atoms. The highest BCUT2D eigenvalue weighted by Crippen LogP contribution is 2.27. The summed E-state index contributed by atoms with van der Waals surface area (Å²) in [5.74, 6) is 0.665. The van der Waals surface area contributed by atoms with Crippen molar-refractivity contribution in [2.45, 2.75) is 43.8 Å². The molecule has 2 aromatic carbocycles. The molecule has 5 heteroatoms. The smallest absolute Gasteiger partial charge is 0.223 e. The molecule has 0 unspecified atom stereocenters. The summed E-state index contributed by atoms with van der Waals surface area (Å²) in [5.41, 5.74) is 1.27. The van der Waals surface area contributed by atoms with E-state index in [0.717, 1.165) is 37.9 Å². The van der Waals surface area contributed by atoms with E-state index in [9.17, 15) is 15.0 Å². The number of rotatable bonds is 7. The lowest BCUT2D eigenvalue weighted by Crippen LogP contribution is -2.53. The first kappa shape index (κ1) is 22.0. The Balaban J connectivity index is 1.24. The zero-order valence-corrected chi connectivity index (χ0v) is 18.2. The molecule has 2 saturated heterocycles. The van der Waals surface area contributed by atoms with Crippen LogP contribution >= 0.6 is 0 Å². The van der Waals surface area contributed by atoms with Gasteiger partial charge in [-0.15, -0.1) is 0 Å². The van der Waals surface area contributed by atoms with E-state index in [0.29, 0.717) is 25.3 Å². The lowest BCUT2D eigenvalue weighted by atomic mass is 9.89. The Bertz CT molecular complexity index is 836. The van der Waals surface area contributed by atoms with E-state index in [-0.39, 0.29) is 19.0 Å². The van der Waals surface area contributed by atoms with Crippen molar-refractivity contribution in [1.82, 2.24) is 9.80 Å². The maximum absolute atomic E-state index is 12.7. The van der Waals surface area contributed by atoms with Crippen LogP contribution in [0.2, 0.25) is 0 Å². The second kappa shape index (κ2) is 9.94. The molecule has 2 aliphatic rings. The summed E-state index contributed by atoms with van der Waals surface area (Å²) in [6.07, 6.45) is 3.49. The van der Waals surface area contributed by atoms with Gasteiger partial charge in [0.05, 0.1) is 6.54 Å². The van der Waals surface area contributed by atoms with Crippen molar-refractivity contribution in [2.75, 3.05) is 32.7 Å². The minimum absolute atomic E-state index is 0.000368. The van der Waals surface area contributed by atoms with E-state index >= 15 is 0 Å². The molecule has 0 saturated carbocycles. The number of nitrogens with zero attached hydrogens (tertiary/aromatic N) is 2. The Kier molecular flexibility index (Phi) is 7.06. The molecule has 2 aliphatic heterocycles. The van der Waals surface area contributed by atoms with Crippen molar-refractivity contribution in [3.63, 3.8) is 0 Å². The molecular weight excluding hydrogens is 388 g/mol. The number of aliphatic hydroxyl groups is 2. The molecule has 0 spiro atoms. The van der Waals surface area contributed by atoms with Crippen LogP contribution in [0, 0.1) is 5.92 Å². The van der Waals surface area contributed by atoms with Crippen molar-refractivity contribution in [3.05, 3.63) is 71.8 Å². The Hall–Kier alpha value is -2.21. The third-order valence-electron chi connectivity index (χ3n) is 6.87. The first-order valence-corrected chi connectivity index (χ1v) is 11.5. The van der Waals surface area contributed by atoms with E-state index < -0.39 is 11.7 Å². The number of aliphatic hydroxyl groups excluding tert-OH is 1. The maximum atomic E-state index is 12.7. The van der Waals surface area contributed by atoms with Gasteiger partial charge in [0.15, 0.2) is 0 Å². The third-order valence-corrected chi connectivity index (χ3v) is 6.87. The van der Waals surface area contributed by atoms with E-state index in [1.54, 1.807) is 4.90 Å². The number of amides is 1. The maximum Gasteiger partial charge on any atom is 0.223 e. The molecule has 2 N–H and O–H groups in total. The van der Waals surface area contributed by atoms with Gasteiger partial charge in [-0.1, -0.05) is 60.7 Å². The quantitative estimate of drug-likeness (QED) is 0.720. The monoisotopic (exact) mass is 422 g/mol. The molecule has 0 radical (unpaired) electrons. The number of carbonyl (C=O) groups excluding carboxylic acids is 1. The number of carbonyl (C=O) groups is 1. The second-order valence-electron chi connectivity index (χ2n) is 9.29. The molecule has 2 aromatic rings. The fraction of sp³-hybridized carbons (Fsp3) is 0.500. The molecular formula is C26H34N2O3. The fourth-order valence-electron chi connectivity index (χ4n) is 4.96. The third kappa shape index (κ3) is 5.73. The number of hydrogen-bond acceptors (Lipinski definition) is 4. The van der Waals surface area contributed by atoms with Gasteiger partial charge in [-0.2, -0.15) is 0 Å². The van der Waals surface area contributed by atoms with Crippen molar-refractivity contribution < 1.29 is 15.0 Å². The van der Waals surface area contributed by atoms with Crippen LogP contribution in [0.1, 0.15) is 30.4 Å². The Labute approximate surface area is 185 Å². The van der Waals surface area contributed by atoms with Crippen LogP contribution in [0.15, 0.2) is 60.7 Å². The normalized spacial score (nSPS) is 25.1. The predicted octanol–water partition coefficient (Wildman–Crippen LogP) is 2.51. The molecule has 0 aromatic heterocycles. The number of β-amino-alcohol motifs (C(OH)–C–C–N with tert-alkyl or cyclic N) is 2. The first-order valence-electron chi connectivity index (χ1n) is 11.5. The zero-order valence-electron chi connectivity index (χ0n) is 18.2. The van der Waals surface area contributed by atoms with Crippen molar-refractivity contribution in [3.8, 4) is 0 Å². The van der Waals surface area contributed by atoms with Gasteiger partial charge >= 0.3 is 0 Å². The number of piperidine rings is 1. The van der Waals surface area contributed by atoms with Gasteiger partial charge in [0.2, 0.25) is 5.91 Å². The van der Waals surface area contributed by atoms with E-state index in [1.165, 1.54) is 5.56 Å². The van der Waals surface area contributed by atoms with Gasteiger partial charge in [0.1, 0.15) is 11.7 Å². The number of aryl methyl sites for hydroxylation is 1. The minimum atomic E-state index is -1.24. The van der Waals surface area contributed by atoms with Crippen molar-refractivity contribution >= 4 is 5.91 Å². The van der Waals surface area contributed by atoms with Crippen LogP contribution in [0.25, 0.3) is 0 Å². The summed E-state index contributed by atoms with van der Waals surface area (Å²) in [5, 5.41) is 21.7. The van der Waals surface area contributed by atoms with Gasteiger partial charge in [-0.25, -0.2) is 0 Å². The molecule has 2 heterocycles. The van der Waals surface area contributed by atoms with Gasteiger partial charge < -0.3 is 20.0 Å². The van der Waals surface area contributed by atoms with Crippen molar-refractivity contribution in [1.29, 1.82) is 0 Å². The number of hydrogen-bond donors (Lipinski definition) is 2. The van der Waals surface area contributed by atoms with Gasteiger partial charge in [-0.3, -0.25) is 4.79 Å². The van der Waals surface area contributed by atoms with Gasteiger partial charge in [0, 0.05) is 19.5 Å². The van der Waals surface area contributed by atoms with Crippen LogP contribution < -0.4 is 0 Å². The second-order valence-corrected chi connectivity index (χ2v) is 9.29. The zero-order chi connectivity index (χ0) is 21.7. The van der Waals surface area contributed by atoms with Crippen LogP contribution in [0.5, 0.6) is 0 Å².